The molecule has 0 atom stereocenters. The molecule has 2 heterocycles. The topological polar surface area (TPSA) is 100 Å². The molecule has 1 amide bonds. The van der Waals surface area contributed by atoms with Gasteiger partial charge in [-0.3, -0.25) is 4.79 Å². The number of ether oxygens (including phenoxy) is 1. The second-order valence-electron chi connectivity index (χ2n) is 11.2. The zero-order chi connectivity index (χ0) is 28.0. The molecule has 1 spiro atoms. The van der Waals surface area contributed by atoms with E-state index in [9.17, 15) is 13.2 Å². The van der Waals surface area contributed by atoms with Gasteiger partial charge in [0.25, 0.3) is 5.91 Å². The largest absolute Gasteiger partial charge is 0.377 e. The van der Waals surface area contributed by atoms with Gasteiger partial charge < -0.3 is 20.4 Å². The molecule has 7 nitrogen and oxygen atoms in total. The molecule has 1 aliphatic carbocycles. The first-order valence-electron chi connectivity index (χ1n) is 14.6. The van der Waals surface area contributed by atoms with Crippen molar-refractivity contribution in [2.24, 2.45) is 0 Å². The Bertz CT molecular complexity index is 1400. The number of fused-ring (bicyclic) bond motifs is 1. The van der Waals surface area contributed by atoms with Gasteiger partial charge in [0.15, 0.2) is 0 Å². The normalized spacial score (nSPS) is 17.4. The van der Waals surface area contributed by atoms with Gasteiger partial charge in [-0.05, 0) is 60.7 Å². The van der Waals surface area contributed by atoms with Crippen LogP contribution in [-0.4, -0.2) is 31.5 Å². The predicted octanol–water partition coefficient (Wildman–Crippen LogP) is 5.83. The summed E-state index contributed by atoms with van der Waals surface area (Å²) >= 11 is 0. The van der Waals surface area contributed by atoms with Crippen LogP contribution in [0.5, 0.6) is 0 Å². The summed E-state index contributed by atoms with van der Waals surface area (Å²) < 4.78 is 32.1. The van der Waals surface area contributed by atoms with Gasteiger partial charge >= 0.3 is 0 Å². The highest BCUT2D eigenvalue weighted by molar-refractivity contribution is 7.91. The van der Waals surface area contributed by atoms with Crippen LogP contribution in [0.2, 0.25) is 0 Å². The summed E-state index contributed by atoms with van der Waals surface area (Å²) in [5.41, 5.74) is 4.55. The average molecular weight is 564 g/mol. The Hall–Kier alpha value is -2.94. The molecular formula is C32H41N3O4S. The zero-order valence-corrected chi connectivity index (χ0v) is 24.2. The number of hydrogen-bond donors (Lipinski definition) is 3. The van der Waals surface area contributed by atoms with Crippen molar-refractivity contribution in [3.05, 3.63) is 82.7 Å². The lowest BCUT2D eigenvalue weighted by Crippen LogP contribution is -2.49. The maximum absolute atomic E-state index is 13.3. The number of carbonyl (C=O) groups is 1. The number of H-pyrrole nitrogens is 1. The van der Waals surface area contributed by atoms with Crippen molar-refractivity contribution < 1.29 is 17.9 Å². The SMILES string of the molecule is CCOCc1ccccc1S(=O)(=O)c1ccc(CNC(=O)c2cc3c([nH]2)CC2(CCCCCCCC2)NC3)cc1. The molecule has 1 saturated carbocycles. The van der Waals surface area contributed by atoms with Crippen LogP contribution in [-0.2, 0) is 40.7 Å². The minimum atomic E-state index is -3.69. The molecule has 1 fully saturated rings. The first-order chi connectivity index (χ1) is 19.4. The van der Waals surface area contributed by atoms with Crippen LogP contribution in [0.25, 0.3) is 0 Å². The van der Waals surface area contributed by atoms with E-state index in [1.165, 1.54) is 62.6 Å². The Labute approximate surface area is 238 Å². The smallest absolute Gasteiger partial charge is 0.267 e. The van der Waals surface area contributed by atoms with E-state index >= 15 is 0 Å². The lowest BCUT2D eigenvalue weighted by Gasteiger charge is -2.38. The first-order valence-corrected chi connectivity index (χ1v) is 16.1. The molecular weight excluding hydrogens is 522 g/mol. The van der Waals surface area contributed by atoms with E-state index in [1.54, 1.807) is 42.5 Å². The Balaban J connectivity index is 1.21. The van der Waals surface area contributed by atoms with Crippen LogP contribution in [0.4, 0.5) is 0 Å². The minimum Gasteiger partial charge on any atom is -0.377 e. The Morgan fingerprint density at radius 1 is 0.975 bits per heavy atom. The molecule has 5 rings (SSSR count). The van der Waals surface area contributed by atoms with Crippen molar-refractivity contribution >= 4 is 15.7 Å². The van der Waals surface area contributed by atoms with Gasteiger partial charge in [0, 0.05) is 37.4 Å². The molecule has 3 aromatic rings. The fraction of sp³-hybridized carbons (Fsp3) is 0.469. The molecule has 8 heteroatoms. The Morgan fingerprint density at radius 2 is 1.68 bits per heavy atom. The number of sulfone groups is 1. The lowest BCUT2D eigenvalue weighted by atomic mass is 9.80. The highest BCUT2D eigenvalue weighted by Crippen LogP contribution is 2.33. The Morgan fingerprint density at radius 3 is 2.40 bits per heavy atom. The third kappa shape index (κ3) is 6.51. The van der Waals surface area contributed by atoms with Gasteiger partial charge in [-0.2, -0.15) is 0 Å². The molecule has 0 radical (unpaired) electrons. The minimum absolute atomic E-state index is 0.140. The van der Waals surface area contributed by atoms with Crippen LogP contribution in [0, 0.1) is 0 Å². The van der Waals surface area contributed by atoms with E-state index in [1.807, 2.05) is 19.1 Å². The predicted molar refractivity (Wildman–Crippen MR) is 156 cm³/mol. The quantitative estimate of drug-likeness (QED) is 0.320. The molecule has 1 aromatic heterocycles. The molecule has 2 aliphatic rings. The summed E-state index contributed by atoms with van der Waals surface area (Å²) in [6.07, 6.45) is 11.1. The monoisotopic (exact) mass is 563 g/mol. The van der Waals surface area contributed by atoms with Gasteiger partial charge in [0.2, 0.25) is 9.84 Å². The number of rotatable bonds is 8. The summed E-state index contributed by atoms with van der Waals surface area (Å²) in [4.78, 5) is 16.9. The number of nitrogens with one attached hydrogen (secondary N) is 3. The summed E-state index contributed by atoms with van der Waals surface area (Å²) in [5, 5.41) is 6.82. The van der Waals surface area contributed by atoms with Crippen molar-refractivity contribution in [1.82, 2.24) is 15.6 Å². The molecule has 0 saturated heterocycles. The van der Waals surface area contributed by atoms with Crippen molar-refractivity contribution in [2.75, 3.05) is 6.61 Å². The summed E-state index contributed by atoms with van der Waals surface area (Å²) in [6.45, 7) is 3.74. The number of amides is 1. The van der Waals surface area contributed by atoms with E-state index in [0.29, 0.717) is 24.4 Å². The first kappa shape index (κ1) is 28.6. The van der Waals surface area contributed by atoms with Gasteiger partial charge in [0.05, 0.1) is 16.4 Å². The van der Waals surface area contributed by atoms with Gasteiger partial charge in [-0.15, -0.1) is 0 Å². The molecule has 2 aromatic carbocycles. The van der Waals surface area contributed by atoms with Crippen molar-refractivity contribution in [1.29, 1.82) is 0 Å². The van der Waals surface area contributed by atoms with E-state index in [4.69, 9.17) is 4.74 Å². The number of aromatic amines is 1. The van der Waals surface area contributed by atoms with E-state index in [-0.39, 0.29) is 27.8 Å². The van der Waals surface area contributed by atoms with Crippen molar-refractivity contribution in [3.8, 4) is 0 Å². The molecule has 3 N–H and O–H groups in total. The third-order valence-corrected chi connectivity index (χ3v) is 10.2. The van der Waals surface area contributed by atoms with Crippen molar-refractivity contribution in [2.45, 2.75) is 99.7 Å². The summed E-state index contributed by atoms with van der Waals surface area (Å²) in [5.74, 6) is -0.153. The second kappa shape index (κ2) is 12.7. The van der Waals surface area contributed by atoms with E-state index < -0.39 is 9.84 Å². The molecule has 40 heavy (non-hydrogen) atoms. The third-order valence-electron chi connectivity index (χ3n) is 8.38. The Kier molecular flexibility index (Phi) is 9.08. The van der Waals surface area contributed by atoms with Gasteiger partial charge in [-0.1, -0.05) is 68.9 Å². The molecule has 0 unspecified atom stereocenters. The lowest BCUT2D eigenvalue weighted by molar-refractivity contribution is 0.0946. The maximum atomic E-state index is 13.3. The average Bonchev–Trinajstić information content (AvgIpc) is 3.43. The number of carbonyl (C=O) groups excluding carboxylic acids is 1. The van der Waals surface area contributed by atoms with E-state index in [0.717, 1.165) is 18.5 Å². The fourth-order valence-electron chi connectivity index (χ4n) is 6.06. The van der Waals surface area contributed by atoms with Crippen LogP contribution >= 0.6 is 0 Å². The maximum Gasteiger partial charge on any atom is 0.267 e. The number of aromatic nitrogens is 1. The van der Waals surface area contributed by atoms with Gasteiger partial charge in [-0.25, -0.2) is 8.42 Å². The highest BCUT2D eigenvalue weighted by Gasteiger charge is 2.35. The summed E-state index contributed by atoms with van der Waals surface area (Å²) in [7, 11) is -3.69. The second-order valence-corrected chi connectivity index (χ2v) is 13.1. The summed E-state index contributed by atoms with van der Waals surface area (Å²) in [6, 6.07) is 15.6. The van der Waals surface area contributed by atoms with Crippen molar-refractivity contribution in [3.63, 3.8) is 0 Å². The molecule has 1 aliphatic heterocycles. The fourth-order valence-corrected chi connectivity index (χ4v) is 7.54. The molecule has 0 bridgehead atoms. The van der Waals surface area contributed by atoms with Crippen LogP contribution in [0.3, 0.4) is 0 Å². The molecule has 214 valence electrons. The van der Waals surface area contributed by atoms with Crippen LogP contribution in [0.15, 0.2) is 64.4 Å². The number of hydrogen-bond acceptors (Lipinski definition) is 5. The number of benzene rings is 2. The van der Waals surface area contributed by atoms with Gasteiger partial charge in [0.1, 0.15) is 5.69 Å². The van der Waals surface area contributed by atoms with Crippen LogP contribution in [0.1, 0.15) is 91.2 Å². The standard InChI is InChI=1S/C32H41N3O4S/c1-2-39-23-25-11-7-8-12-30(25)40(37,38)27-15-13-24(14-16-27)21-33-31(36)28-19-26-22-34-32(20-29(26)35-28)17-9-5-3-4-6-10-18-32/h7-8,11-16,19,34-35H,2-6,9-10,17-18,20-23H2,1H3,(H,33,36). The highest BCUT2D eigenvalue weighted by atomic mass is 32.2. The zero-order valence-electron chi connectivity index (χ0n) is 23.4. The van der Waals surface area contributed by atoms with Crippen LogP contribution < -0.4 is 10.6 Å². The van der Waals surface area contributed by atoms with E-state index in [2.05, 4.69) is 15.6 Å².